The Morgan fingerprint density at radius 1 is 1.17 bits per heavy atom. The van der Waals surface area contributed by atoms with Gasteiger partial charge in [0.05, 0.1) is 10.6 Å². The summed E-state index contributed by atoms with van der Waals surface area (Å²) in [7, 11) is -3.51. The van der Waals surface area contributed by atoms with Crippen LogP contribution >= 0.6 is 0 Å². The summed E-state index contributed by atoms with van der Waals surface area (Å²) >= 11 is 0. The van der Waals surface area contributed by atoms with Gasteiger partial charge in [-0.1, -0.05) is 24.3 Å². The first-order chi connectivity index (χ1) is 11.1. The molecular weight excluding hydrogens is 312 g/mol. The zero-order chi connectivity index (χ0) is 16.0. The Kier molecular flexibility index (Phi) is 3.30. The second-order valence-corrected chi connectivity index (χ2v) is 7.98. The maximum Gasteiger partial charge on any atom is 0.265 e. The number of amides is 1. The van der Waals surface area contributed by atoms with Gasteiger partial charge in [-0.25, -0.2) is 8.42 Å². The summed E-state index contributed by atoms with van der Waals surface area (Å²) in [5.74, 6) is 0.0137. The van der Waals surface area contributed by atoms with E-state index in [2.05, 4.69) is 5.32 Å². The molecule has 120 valence electrons. The normalized spacial score (nSPS) is 18.3. The molecule has 0 bridgehead atoms. The smallest absolute Gasteiger partial charge is 0.265 e. The van der Waals surface area contributed by atoms with Crippen molar-refractivity contribution in [3.63, 3.8) is 0 Å². The fourth-order valence-corrected chi connectivity index (χ4v) is 4.86. The van der Waals surface area contributed by atoms with E-state index >= 15 is 0 Å². The highest BCUT2D eigenvalue weighted by molar-refractivity contribution is 7.93. The van der Waals surface area contributed by atoms with E-state index in [-0.39, 0.29) is 5.91 Å². The molecule has 0 atom stereocenters. The van der Waals surface area contributed by atoms with Crippen molar-refractivity contribution >= 4 is 32.4 Å². The van der Waals surface area contributed by atoms with Gasteiger partial charge in [-0.05, 0) is 36.8 Å². The second-order valence-electron chi connectivity index (χ2n) is 6.15. The minimum atomic E-state index is -3.51. The van der Waals surface area contributed by atoms with Crippen LogP contribution < -0.4 is 9.62 Å². The number of nitrogens with one attached hydrogen (secondary N) is 1. The summed E-state index contributed by atoms with van der Waals surface area (Å²) in [6, 6.07) is 11.3. The van der Waals surface area contributed by atoms with Crippen molar-refractivity contribution in [2.24, 2.45) is 0 Å². The molecule has 0 radical (unpaired) electrons. The van der Waals surface area contributed by atoms with Gasteiger partial charge in [0.1, 0.15) is 0 Å². The van der Waals surface area contributed by atoms with Crippen LogP contribution in [0.2, 0.25) is 0 Å². The number of rotatable bonds is 5. The maximum absolute atomic E-state index is 12.8. The van der Waals surface area contributed by atoms with E-state index in [1.165, 1.54) is 4.31 Å². The summed E-state index contributed by atoms with van der Waals surface area (Å²) in [5.41, 5.74) is 0.723. The van der Waals surface area contributed by atoms with E-state index in [4.69, 9.17) is 0 Å². The number of benzene rings is 2. The van der Waals surface area contributed by atoms with Gasteiger partial charge in [0.15, 0.2) is 0 Å². The molecule has 1 aliphatic carbocycles. The first-order valence-electron chi connectivity index (χ1n) is 7.91. The van der Waals surface area contributed by atoms with Gasteiger partial charge < -0.3 is 5.32 Å². The van der Waals surface area contributed by atoms with Crippen molar-refractivity contribution in [2.75, 3.05) is 10.8 Å². The molecule has 23 heavy (non-hydrogen) atoms. The molecule has 6 heteroatoms. The lowest BCUT2D eigenvalue weighted by molar-refractivity contribution is -0.121. The van der Waals surface area contributed by atoms with Crippen LogP contribution in [0.5, 0.6) is 0 Å². The average Bonchev–Trinajstić information content (AvgIpc) is 3.30. The summed E-state index contributed by atoms with van der Waals surface area (Å²) in [5, 5.41) is 4.65. The van der Waals surface area contributed by atoms with E-state index in [1.807, 2.05) is 24.3 Å². The molecule has 2 aliphatic rings. The highest BCUT2D eigenvalue weighted by Gasteiger charge is 2.35. The lowest BCUT2D eigenvalue weighted by Crippen LogP contribution is -2.30. The maximum atomic E-state index is 12.8. The van der Waals surface area contributed by atoms with Crippen LogP contribution in [-0.4, -0.2) is 26.9 Å². The number of carbonyl (C=O) groups excluding carboxylic acids is 1. The molecular formula is C17H18N2O3S. The highest BCUT2D eigenvalue weighted by Crippen LogP contribution is 2.41. The zero-order valence-corrected chi connectivity index (χ0v) is 13.5. The number of carbonyl (C=O) groups is 1. The topological polar surface area (TPSA) is 66.5 Å². The molecule has 0 unspecified atom stereocenters. The van der Waals surface area contributed by atoms with Crippen molar-refractivity contribution in [3.8, 4) is 0 Å². The van der Waals surface area contributed by atoms with Crippen molar-refractivity contribution in [1.29, 1.82) is 0 Å². The first-order valence-corrected chi connectivity index (χ1v) is 9.35. The highest BCUT2D eigenvalue weighted by atomic mass is 32.2. The molecule has 4 rings (SSSR count). The average molecular weight is 330 g/mol. The van der Waals surface area contributed by atoms with Gasteiger partial charge in [0.2, 0.25) is 5.91 Å². The van der Waals surface area contributed by atoms with Gasteiger partial charge in [-0.2, -0.15) is 0 Å². The summed E-state index contributed by atoms with van der Waals surface area (Å²) in [4.78, 5) is 12.1. The molecule has 5 nitrogen and oxygen atoms in total. The number of sulfonamides is 1. The Bertz CT molecular complexity index is 883. The lowest BCUT2D eigenvalue weighted by atomic mass is 10.1. The van der Waals surface area contributed by atoms with E-state index in [9.17, 15) is 13.2 Å². The van der Waals surface area contributed by atoms with Crippen molar-refractivity contribution in [1.82, 2.24) is 5.32 Å². The van der Waals surface area contributed by atoms with E-state index in [0.29, 0.717) is 30.3 Å². The van der Waals surface area contributed by atoms with Crippen LogP contribution in [0.3, 0.4) is 0 Å². The van der Waals surface area contributed by atoms with E-state index < -0.39 is 10.0 Å². The third kappa shape index (κ3) is 2.47. The fraction of sp³-hybridized carbons (Fsp3) is 0.353. The molecule has 0 saturated heterocycles. The molecule has 1 heterocycles. The van der Waals surface area contributed by atoms with Gasteiger partial charge in [-0.15, -0.1) is 0 Å². The van der Waals surface area contributed by atoms with E-state index in [0.717, 1.165) is 29.3 Å². The van der Waals surface area contributed by atoms with Gasteiger partial charge in [0.25, 0.3) is 10.0 Å². The third-order valence-electron chi connectivity index (χ3n) is 4.39. The predicted octanol–water partition coefficient (Wildman–Crippen LogP) is 2.41. The predicted molar refractivity (Wildman–Crippen MR) is 88.9 cm³/mol. The van der Waals surface area contributed by atoms with E-state index in [1.54, 1.807) is 12.1 Å². The Balaban J connectivity index is 1.55. The molecule has 1 amide bonds. The Morgan fingerprint density at radius 3 is 2.65 bits per heavy atom. The number of hydrogen-bond acceptors (Lipinski definition) is 3. The number of hydrogen-bond donors (Lipinski definition) is 1. The minimum Gasteiger partial charge on any atom is -0.353 e. The van der Waals surface area contributed by atoms with Gasteiger partial charge in [-0.3, -0.25) is 9.10 Å². The first kappa shape index (κ1) is 14.5. The zero-order valence-electron chi connectivity index (χ0n) is 12.7. The molecule has 1 fully saturated rings. The third-order valence-corrected chi connectivity index (χ3v) is 6.24. The largest absolute Gasteiger partial charge is 0.353 e. The molecule has 2 aromatic rings. The van der Waals surface area contributed by atoms with Crippen LogP contribution in [0.15, 0.2) is 41.3 Å². The Morgan fingerprint density at radius 2 is 1.91 bits per heavy atom. The molecule has 1 aliphatic heterocycles. The Labute approximate surface area is 135 Å². The molecule has 0 aromatic heterocycles. The second kappa shape index (κ2) is 5.23. The van der Waals surface area contributed by atoms with Crippen LogP contribution in [-0.2, 0) is 14.8 Å². The van der Waals surface area contributed by atoms with Crippen LogP contribution in [0, 0.1) is 0 Å². The van der Waals surface area contributed by atoms with Crippen molar-refractivity contribution in [2.45, 2.75) is 36.6 Å². The SMILES string of the molecule is O=C(CCCN1c2cccc3cccc(c23)S1(=O)=O)NC1CC1. The fourth-order valence-electron chi connectivity index (χ4n) is 3.11. The van der Waals surface area contributed by atoms with Gasteiger partial charge >= 0.3 is 0 Å². The van der Waals surface area contributed by atoms with Crippen molar-refractivity contribution in [3.05, 3.63) is 36.4 Å². The summed E-state index contributed by atoms with van der Waals surface area (Å²) in [6.45, 7) is 0.328. The molecule has 2 aromatic carbocycles. The van der Waals surface area contributed by atoms with Crippen LogP contribution in [0.25, 0.3) is 10.8 Å². The molecule has 0 spiro atoms. The lowest BCUT2D eigenvalue weighted by Gasteiger charge is -2.18. The molecule has 1 N–H and O–H groups in total. The minimum absolute atomic E-state index is 0.0137. The van der Waals surface area contributed by atoms with Crippen LogP contribution in [0.1, 0.15) is 25.7 Å². The van der Waals surface area contributed by atoms with Crippen molar-refractivity contribution < 1.29 is 13.2 Å². The Hall–Kier alpha value is -2.08. The standard InChI is InChI=1S/C17H18N2O3S/c20-16(18-13-9-10-13)8-3-11-19-14-6-1-4-12-5-2-7-15(17(12)14)23(19,21)22/h1-2,4-7,13H,3,8-11H2,(H,18,20). The van der Waals surface area contributed by atoms with Gasteiger partial charge in [0, 0.05) is 24.4 Å². The number of nitrogens with zero attached hydrogens (tertiary/aromatic N) is 1. The quantitative estimate of drug-likeness (QED) is 0.915. The summed E-state index contributed by atoms with van der Waals surface area (Å²) in [6.07, 6.45) is 2.99. The monoisotopic (exact) mass is 330 g/mol. The number of anilines is 1. The summed E-state index contributed by atoms with van der Waals surface area (Å²) < 4.78 is 26.9. The molecule has 1 saturated carbocycles. The van der Waals surface area contributed by atoms with Crippen LogP contribution in [0.4, 0.5) is 5.69 Å².